The van der Waals surface area contributed by atoms with E-state index in [0.717, 1.165) is 25.1 Å². The first kappa shape index (κ1) is 16.4. The molecule has 2 aliphatic heterocycles. The summed E-state index contributed by atoms with van der Waals surface area (Å²) in [6.45, 7) is 6.93. The van der Waals surface area contributed by atoms with Crippen LogP contribution in [0.5, 0.6) is 0 Å². The predicted molar refractivity (Wildman–Crippen MR) is 89.2 cm³/mol. The number of nitrogens with zero attached hydrogens (tertiary/aromatic N) is 3. The van der Waals surface area contributed by atoms with Crippen molar-refractivity contribution in [3.63, 3.8) is 0 Å². The second-order valence-electron chi connectivity index (χ2n) is 7.09. The molecule has 1 amide bonds. The summed E-state index contributed by atoms with van der Waals surface area (Å²) in [6, 6.07) is 3.73. The summed E-state index contributed by atoms with van der Waals surface area (Å²) in [4.78, 5) is 21.4. The lowest BCUT2D eigenvalue weighted by Crippen LogP contribution is -2.47. The zero-order valence-electron chi connectivity index (χ0n) is 13.9. The standard InChI is InChI=1S/C18H27N3O2/c1-14-4-5-17(19-9-14)18(23)21-11-15(8-16(12-21)13-22)10-20-6-2-3-7-20/h4-5,9,15-16,22H,2-3,6-8,10-13H2,1H3/t15-,16-/m0/s1. The maximum absolute atomic E-state index is 12.7. The normalized spacial score (nSPS) is 25.7. The molecule has 126 valence electrons. The molecule has 0 aromatic carbocycles. The highest BCUT2D eigenvalue weighted by Gasteiger charge is 2.31. The van der Waals surface area contributed by atoms with Gasteiger partial charge in [-0.25, -0.2) is 0 Å². The smallest absolute Gasteiger partial charge is 0.272 e. The molecule has 1 aromatic rings. The van der Waals surface area contributed by atoms with Crippen LogP contribution in [0.4, 0.5) is 0 Å². The van der Waals surface area contributed by atoms with Crippen LogP contribution in [0.3, 0.4) is 0 Å². The molecule has 2 saturated heterocycles. The van der Waals surface area contributed by atoms with E-state index in [-0.39, 0.29) is 18.4 Å². The predicted octanol–water partition coefficient (Wildman–Crippen LogP) is 1.56. The number of rotatable bonds is 4. The molecule has 2 fully saturated rings. The van der Waals surface area contributed by atoms with Gasteiger partial charge in [0.05, 0.1) is 0 Å². The van der Waals surface area contributed by atoms with Gasteiger partial charge in [0.2, 0.25) is 0 Å². The Labute approximate surface area is 138 Å². The van der Waals surface area contributed by atoms with E-state index >= 15 is 0 Å². The van der Waals surface area contributed by atoms with Crippen molar-refractivity contribution in [3.8, 4) is 0 Å². The van der Waals surface area contributed by atoms with Gasteiger partial charge in [-0.1, -0.05) is 6.07 Å². The Morgan fingerprint density at radius 2 is 2.00 bits per heavy atom. The first-order chi connectivity index (χ1) is 11.2. The Balaban J connectivity index is 1.67. The monoisotopic (exact) mass is 317 g/mol. The average molecular weight is 317 g/mol. The highest BCUT2D eigenvalue weighted by Crippen LogP contribution is 2.25. The maximum atomic E-state index is 12.7. The van der Waals surface area contributed by atoms with Gasteiger partial charge in [0.1, 0.15) is 5.69 Å². The SMILES string of the molecule is Cc1ccc(C(=O)N2C[C@@H](CO)C[C@@H](CN3CCCC3)C2)nc1. The summed E-state index contributed by atoms with van der Waals surface area (Å²) in [5.41, 5.74) is 1.56. The molecule has 5 nitrogen and oxygen atoms in total. The quantitative estimate of drug-likeness (QED) is 0.915. The van der Waals surface area contributed by atoms with E-state index in [2.05, 4.69) is 9.88 Å². The van der Waals surface area contributed by atoms with Crippen molar-refractivity contribution in [3.05, 3.63) is 29.6 Å². The van der Waals surface area contributed by atoms with Crippen LogP contribution in [-0.4, -0.2) is 65.1 Å². The molecule has 0 bridgehead atoms. The number of hydrogen-bond acceptors (Lipinski definition) is 4. The van der Waals surface area contributed by atoms with Gasteiger partial charge >= 0.3 is 0 Å². The molecule has 1 aromatic heterocycles. The van der Waals surface area contributed by atoms with Gasteiger partial charge in [-0.2, -0.15) is 0 Å². The summed E-state index contributed by atoms with van der Waals surface area (Å²) >= 11 is 0. The number of carbonyl (C=O) groups is 1. The first-order valence-electron chi connectivity index (χ1n) is 8.71. The van der Waals surface area contributed by atoms with Crippen molar-refractivity contribution in [2.75, 3.05) is 39.3 Å². The van der Waals surface area contributed by atoms with Gasteiger partial charge in [0.15, 0.2) is 0 Å². The Kier molecular flexibility index (Phi) is 5.28. The number of amides is 1. The van der Waals surface area contributed by atoms with E-state index in [1.807, 2.05) is 17.9 Å². The molecule has 0 saturated carbocycles. The van der Waals surface area contributed by atoms with Crippen molar-refractivity contribution >= 4 is 5.91 Å². The summed E-state index contributed by atoms with van der Waals surface area (Å²) in [5, 5.41) is 9.61. The maximum Gasteiger partial charge on any atom is 0.272 e. The van der Waals surface area contributed by atoms with Crippen LogP contribution < -0.4 is 0 Å². The Bertz CT molecular complexity index is 526. The molecule has 3 heterocycles. The number of carbonyl (C=O) groups excluding carboxylic acids is 1. The van der Waals surface area contributed by atoms with E-state index in [9.17, 15) is 9.90 Å². The van der Waals surface area contributed by atoms with E-state index in [1.54, 1.807) is 12.3 Å². The lowest BCUT2D eigenvalue weighted by molar-refractivity contribution is 0.0460. The fraction of sp³-hybridized carbons (Fsp3) is 0.667. The zero-order valence-corrected chi connectivity index (χ0v) is 13.9. The number of aliphatic hydroxyl groups is 1. The molecule has 3 rings (SSSR count). The third kappa shape index (κ3) is 4.09. The van der Waals surface area contributed by atoms with Crippen molar-refractivity contribution in [2.24, 2.45) is 11.8 Å². The summed E-state index contributed by atoms with van der Waals surface area (Å²) < 4.78 is 0. The third-order valence-electron chi connectivity index (χ3n) is 5.01. The molecule has 1 N–H and O–H groups in total. The molecule has 0 spiro atoms. The highest BCUT2D eigenvalue weighted by molar-refractivity contribution is 5.92. The molecule has 2 atom stereocenters. The minimum Gasteiger partial charge on any atom is -0.396 e. The molecule has 0 aliphatic carbocycles. The van der Waals surface area contributed by atoms with E-state index in [0.29, 0.717) is 18.2 Å². The zero-order chi connectivity index (χ0) is 16.2. The van der Waals surface area contributed by atoms with Crippen LogP contribution >= 0.6 is 0 Å². The molecule has 0 radical (unpaired) electrons. The number of aliphatic hydroxyl groups excluding tert-OH is 1. The fourth-order valence-electron chi connectivity index (χ4n) is 3.84. The van der Waals surface area contributed by atoms with Crippen molar-refractivity contribution in [1.82, 2.24) is 14.8 Å². The van der Waals surface area contributed by atoms with Gasteiger partial charge in [-0.15, -0.1) is 0 Å². The van der Waals surface area contributed by atoms with Gasteiger partial charge in [-0.3, -0.25) is 9.78 Å². The number of aryl methyl sites for hydroxylation is 1. The number of pyridine rings is 1. The van der Waals surface area contributed by atoms with Crippen LogP contribution in [0.2, 0.25) is 0 Å². The van der Waals surface area contributed by atoms with Crippen molar-refractivity contribution in [2.45, 2.75) is 26.2 Å². The number of piperidine rings is 1. The van der Waals surface area contributed by atoms with Crippen molar-refractivity contribution in [1.29, 1.82) is 0 Å². The highest BCUT2D eigenvalue weighted by atomic mass is 16.3. The number of aromatic nitrogens is 1. The second kappa shape index (κ2) is 7.41. The van der Waals surface area contributed by atoms with Gasteiger partial charge in [-0.05, 0) is 62.7 Å². The fourth-order valence-corrected chi connectivity index (χ4v) is 3.84. The summed E-state index contributed by atoms with van der Waals surface area (Å²) in [6.07, 6.45) is 5.32. The van der Waals surface area contributed by atoms with Crippen LogP contribution in [0, 0.1) is 18.8 Å². The Morgan fingerprint density at radius 3 is 2.65 bits per heavy atom. The molecule has 23 heavy (non-hydrogen) atoms. The van der Waals surface area contributed by atoms with Crippen LogP contribution in [0.25, 0.3) is 0 Å². The summed E-state index contributed by atoms with van der Waals surface area (Å²) in [5.74, 6) is 0.633. The first-order valence-corrected chi connectivity index (χ1v) is 8.71. The molecular weight excluding hydrogens is 290 g/mol. The molecule has 5 heteroatoms. The third-order valence-corrected chi connectivity index (χ3v) is 5.01. The van der Waals surface area contributed by atoms with Crippen LogP contribution in [0.1, 0.15) is 35.3 Å². The topological polar surface area (TPSA) is 56.7 Å². The largest absolute Gasteiger partial charge is 0.396 e. The van der Waals surface area contributed by atoms with E-state index in [4.69, 9.17) is 0 Å². The molecule has 0 unspecified atom stereocenters. The van der Waals surface area contributed by atoms with Gasteiger partial charge in [0, 0.05) is 32.4 Å². The Morgan fingerprint density at radius 1 is 1.26 bits per heavy atom. The number of likely N-dealkylation sites (tertiary alicyclic amines) is 2. The minimum absolute atomic E-state index is 0.00503. The lowest BCUT2D eigenvalue weighted by atomic mass is 9.89. The second-order valence-corrected chi connectivity index (χ2v) is 7.09. The van der Waals surface area contributed by atoms with Crippen LogP contribution in [-0.2, 0) is 0 Å². The average Bonchev–Trinajstić information content (AvgIpc) is 3.07. The van der Waals surface area contributed by atoms with Gasteiger partial charge in [0.25, 0.3) is 5.91 Å². The molecular formula is C18H27N3O2. The minimum atomic E-state index is -0.00503. The van der Waals surface area contributed by atoms with Crippen LogP contribution in [0.15, 0.2) is 18.3 Å². The van der Waals surface area contributed by atoms with Gasteiger partial charge < -0.3 is 14.9 Å². The van der Waals surface area contributed by atoms with E-state index < -0.39 is 0 Å². The van der Waals surface area contributed by atoms with E-state index in [1.165, 1.54) is 25.9 Å². The molecule has 2 aliphatic rings. The lowest BCUT2D eigenvalue weighted by Gasteiger charge is -2.38. The number of hydrogen-bond donors (Lipinski definition) is 1. The Hall–Kier alpha value is -1.46. The summed E-state index contributed by atoms with van der Waals surface area (Å²) in [7, 11) is 0. The van der Waals surface area contributed by atoms with Crippen molar-refractivity contribution < 1.29 is 9.90 Å².